The quantitative estimate of drug-likeness (QED) is 0.456. The van der Waals surface area contributed by atoms with E-state index in [-0.39, 0.29) is 29.4 Å². The van der Waals surface area contributed by atoms with Crippen LogP contribution in [0.15, 0.2) is 81.6 Å². The second-order valence-corrected chi connectivity index (χ2v) is 7.69. The molecule has 1 aromatic heterocycles. The van der Waals surface area contributed by atoms with Gasteiger partial charge in [0.15, 0.2) is 0 Å². The summed E-state index contributed by atoms with van der Waals surface area (Å²) in [5.74, 6) is -1.87. The van der Waals surface area contributed by atoms with Crippen LogP contribution in [0.5, 0.6) is 0 Å². The standard InChI is InChI=1S/C23H20FN3O4S/c1-3-9-31-23(29)20-14(2)26-22(17(12-25)21(20)18-8-5-10-30-18)32-13-19(28)27-16-7-4-6-15(24)11-16/h3-8,10-11,21,26H,1,9,13H2,2H3,(H,27,28)/t21-/m0/s1. The number of benzene rings is 1. The Bertz CT molecular complexity index is 1130. The van der Waals surface area contributed by atoms with Gasteiger partial charge in [-0.1, -0.05) is 30.5 Å². The molecular formula is C23H20FN3O4S. The first-order chi connectivity index (χ1) is 15.4. The number of amides is 1. The predicted molar refractivity (Wildman–Crippen MR) is 119 cm³/mol. The van der Waals surface area contributed by atoms with E-state index in [1.165, 1.54) is 30.5 Å². The number of dihydropyridines is 1. The number of nitriles is 1. The van der Waals surface area contributed by atoms with E-state index in [1.54, 1.807) is 25.1 Å². The molecule has 2 aromatic rings. The highest BCUT2D eigenvalue weighted by Gasteiger charge is 2.37. The molecule has 1 atom stereocenters. The third-order valence-electron chi connectivity index (χ3n) is 4.48. The highest BCUT2D eigenvalue weighted by molar-refractivity contribution is 8.03. The van der Waals surface area contributed by atoms with Crippen molar-refractivity contribution < 1.29 is 23.1 Å². The fraction of sp³-hybridized carbons (Fsp3) is 0.174. The Balaban J connectivity index is 1.84. The zero-order chi connectivity index (χ0) is 23.1. The average molecular weight is 453 g/mol. The van der Waals surface area contributed by atoms with Crippen molar-refractivity contribution in [3.63, 3.8) is 0 Å². The van der Waals surface area contributed by atoms with E-state index in [4.69, 9.17) is 9.15 Å². The number of halogens is 1. The number of thioether (sulfide) groups is 1. The minimum Gasteiger partial charge on any atom is -0.468 e. The van der Waals surface area contributed by atoms with Crippen molar-refractivity contribution in [2.75, 3.05) is 17.7 Å². The van der Waals surface area contributed by atoms with E-state index < -0.39 is 17.7 Å². The summed E-state index contributed by atoms with van der Waals surface area (Å²) in [6.07, 6.45) is 2.90. The number of carbonyl (C=O) groups excluding carboxylic acids is 2. The molecule has 0 saturated carbocycles. The molecular weight excluding hydrogens is 433 g/mol. The molecule has 0 radical (unpaired) electrons. The van der Waals surface area contributed by atoms with Crippen LogP contribution in [0, 0.1) is 17.1 Å². The lowest BCUT2D eigenvalue weighted by atomic mass is 9.86. The highest BCUT2D eigenvalue weighted by atomic mass is 32.2. The Labute approximate surface area is 188 Å². The second kappa shape index (κ2) is 10.5. The van der Waals surface area contributed by atoms with Gasteiger partial charge in [0.1, 0.15) is 18.2 Å². The first-order valence-corrected chi connectivity index (χ1v) is 10.5. The van der Waals surface area contributed by atoms with E-state index >= 15 is 0 Å². The maximum Gasteiger partial charge on any atom is 0.337 e. The normalized spacial score (nSPS) is 15.6. The van der Waals surface area contributed by atoms with Gasteiger partial charge in [-0.3, -0.25) is 4.79 Å². The average Bonchev–Trinajstić information content (AvgIpc) is 3.30. The zero-order valence-corrected chi connectivity index (χ0v) is 18.0. The Morgan fingerprint density at radius 3 is 2.88 bits per heavy atom. The van der Waals surface area contributed by atoms with E-state index in [0.29, 0.717) is 22.2 Å². The second-order valence-electron chi connectivity index (χ2n) is 6.70. The predicted octanol–water partition coefficient (Wildman–Crippen LogP) is 4.22. The number of furan rings is 1. The molecule has 32 heavy (non-hydrogen) atoms. The third-order valence-corrected chi connectivity index (χ3v) is 5.50. The molecule has 0 unspecified atom stereocenters. The van der Waals surface area contributed by atoms with Crippen LogP contribution in [0.1, 0.15) is 18.6 Å². The maximum absolute atomic E-state index is 13.3. The van der Waals surface area contributed by atoms with Gasteiger partial charge < -0.3 is 19.8 Å². The molecule has 3 rings (SSSR count). The largest absolute Gasteiger partial charge is 0.468 e. The molecule has 7 nitrogen and oxygen atoms in total. The lowest BCUT2D eigenvalue weighted by molar-refractivity contribution is -0.138. The molecule has 0 saturated heterocycles. The van der Waals surface area contributed by atoms with Gasteiger partial charge in [-0.15, -0.1) is 0 Å². The fourth-order valence-electron chi connectivity index (χ4n) is 3.15. The number of hydrogen-bond donors (Lipinski definition) is 2. The summed E-state index contributed by atoms with van der Waals surface area (Å²) in [6.45, 7) is 5.24. The highest BCUT2D eigenvalue weighted by Crippen LogP contribution is 2.41. The summed E-state index contributed by atoms with van der Waals surface area (Å²) in [7, 11) is 0. The van der Waals surface area contributed by atoms with E-state index in [9.17, 15) is 19.2 Å². The number of ether oxygens (including phenoxy) is 1. The van der Waals surface area contributed by atoms with Crippen molar-refractivity contribution in [3.8, 4) is 6.07 Å². The number of rotatable bonds is 8. The summed E-state index contributed by atoms with van der Waals surface area (Å²) in [6, 6.07) is 11.0. The van der Waals surface area contributed by atoms with Crippen molar-refractivity contribution in [2.24, 2.45) is 0 Å². The van der Waals surface area contributed by atoms with Gasteiger partial charge >= 0.3 is 5.97 Å². The molecule has 0 aliphatic carbocycles. The Hall–Kier alpha value is -3.77. The molecule has 1 aliphatic heterocycles. The fourth-order valence-corrected chi connectivity index (χ4v) is 4.04. The molecule has 9 heteroatoms. The Morgan fingerprint density at radius 1 is 1.41 bits per heavy atom. The number of nitrogens with one attached hydrogen (secondary N) is 2. The van der Waals surface area contributed by atoms with Crippen molar-refractivity contribution in [1.29, 1.82) is 5.26 Å². The molecule has 0 spiro atoms. The van der Waals surface area contributed by atoms with E-state index in [0.717, 1.165) is 11.8 Å². The first-order valence-electron chi connectivity index (χ1n) is 9.56. The Morgan fingerprint density at radius 2 is 2.22 bits per heavy atom. The molecule has 164 valence electrons. The van der Waals surface area contributed by atoms with Gasteiger partial charge in [-0.25, -0.2) is 9.18 Å². The van der Waals surface area contributed by atoms with Gasteiger partial charge in [-0.05, 0) is 37.3 Å². The van der Waals surface area contributed by atoms with Crippen LogP contribution in [0.4, 0.5) is 10.1 Å². The van der Waals surface area contributed by atoms with Crippen LogP contribution in [0.2, 0.25) is 0 Å². The summed E-state index contributed by atoms with van der Waals surface area (Å²) in [4.78, 5) is 25.0. The summed E-state index contributed by atoms with van der Waals surface area (Å²) in [5, 5.41) is 15.9. The van der Waals surface area contributed by atoms with Crippen molar-refractivity contribution in [3.05, 3.63) is 88.8 Å². The minimum absolute atomic E-state index is 0.0218. The summed E-state index contributed by atoms with van der Waals surface area (Å²) in [5.41, 5.74) is 1.28. The summed E-state index contributed by atoms with van der Waals surface area (Å²) < 4.78 is 24.0. The van der Waals surface area contributed by atoms with Crippen LogP contribution in [0.25, 0.3) is 0 Å². The van der Waals surface area contributed by atoms with Crippen molar-refractivity contribution in [1.82, 2.24) is 5.32 Å². The number of hydrogen-bond acceptors (Lipinski definition) is 7. The number of nitrogens with zero attached hydrogens (tertiary/aromatic N) is 1. The van der Waals surface area contributed by atoms with Crippen LogP contribution in [-0.4, -0.2) is 24.2 Å². The summed E-state index contributed by atoms with van der Waals surface area (Å²) >= 11 is 1.09. The van der Waals surface area contributed by atoms with Crippen molar-refractivity contribution >= 4 is 29.3 Å². The topological polar surface area (TPSA) is 104 Å². The molecule has 1 amide bonds. The van der Waals surface area contributed by atoms with Crippen molar-refractivity contribution in [2.45, 2.75) is 12.8 Å². The Kier molecular flexibility index (Phi) is 7.52. The molecule has 0 fully saturated rings. The SMILES string of the molecule is C=CCOC(=O)C1=C(C)NC(SCC(=O)Nc2cccc(F)c2)=C(C#N)[C@H]1c1ccco1. The maximum atomic E-state index is 13.3. The smallest absolute Gasteiger partial charge is 0.337 e. The first kappa shape index (κ1) is 22.9. The lowest BCUT2D eigenvalue weighted by Gasteiger charge is -2.27. The van der Waals surface area contributed by atoms with Crippen LogP contribution >= 0.6 is 11.8 Å². The van der Waals surface area contributed by atoms with Gasteiger partial charge in [0.2, 0.25) is 5.91 Å². The van der Waals surface area contributed by atoms with Gasteiger partial charge in [0.25, 0.3) is 0 Å². The molecule has 1 aromatic carbocycles. The monoisotopic (exact) mass is 453 g/mol. The molecule has 1 aliphatic rings. The molecule has 0 bridgehead atoms. The number of anilines is 1. The van der Waals surface area contributed by atoms with Crippen LogP contribution in [0.3, 0.4) is 0 Å². The molecule has 2 N–H and O–H groups in total. The number of esters is 1. The van der Waals surface area contributed by atoms with E-state index in [2.05, 4.69) is 23.3 Å². The van der Waals surface area contributed by atoms with Gasteiger partial charge in [0.05, 0.1) is 40.2 Å². The van der Waals surface area contributed by atoms with Gasteiger partial charge in [0, 0.05) is 11.4 Å². The number of allylic oxidation sites excluding steroid dienone is 2. The minimum atomic E-state index is -0.789. The molecule has 2 heterocycles. The van der Waals surface area contributed by atoms with Crippen LogP contribution < -0.4 is 10.6 Å². The van der Waals surface area contributed by atoms with E-state index in [1.807, 2.05) is 0 Å². The van der Waals surface area contributed by atoms with Gasteiger partial charge in [-0.2, -0.15) is 5.26 Å². The third kappa shape index (κ3) is 5.28. The zero-order valence-electron chi connectivity index (χ0n) is 17.2. The lowest BCUT2D eigenvalue weighted by Crippen LogP contribution is -2.29. The van der Waals surface area contributed by atoms with Crippen LogP contribution in [-0.2, 0) is 14.3 Å². The number of carbonyl (C=O) groups is 2.